The molecule has 0 saturated carbocycles. The average Bonchev–Trinajstić information content (AvgIpc) is 3.75. The molecule has 0 atom stereocenters. The van der Waals surface area contributed by atoms with Gasteiger partial charge in [-0.1, -0.05) is 143 Å². The monoisotopic (exact) mass is 1090 g/mol. The number of fused-ring (bicyclic) bond motifs is 3. The molecule has 70 heavy (non-hydrogen) atoms. The smallest absolute Gasteiger partial charge is 0.500 e. The summed E-state index contributed by atoms with van der Waals surface area (Å²) in [5, 5.41) is 12.0. The second kappa shape index (κ2) is 19.6. The topological polar surface area (TPSA) is 75.6 Å². The zero-order chi connectivity index (χ0) is 47.8. The van der Waals surface area contributed by atoms with Crippen molar-refractivity contribution in [2.24, 2.45) is 0 Å². The Balaban J connectivity index is 0.00000608. The van der Waals surface area contributed by atoms with Crippen molar-refractivity contribution >= 4 is 21.9 Å². The van der Waals surface area contributed by atoms with Gasteiger partial charge in [-0.05, 0) is 97.6 Å². The molecule has 10 aromatic rings. The van der Waals surface area contributed by atoms with Gasteiger partial charge in [0.25, 0.3) is 0 Å². The van der Waals surface area contributed by atoms with E-state index in [0.29, 0.717) is 16.7 Å². The van der Waals surface area contributed by atoms with E-state index in [2.05, 4.69) is 133 Å². The summed E-state index contributed by atoms with van der Waals surface area (Å²) in [5.74, 6) is 0. The third kappa shape index (κ3) is 9.79. The van der Waals surface area contributed by atoms with E-state index < -0.39 is 0 Å². The number of hydrogen-bond donors (Lipinski definition) is 0. The van der Waals surface area contributed by atoms with Crippen LogP contribution in [-0.4, -0.2) is 15.0 Å². The van der Waals surface area contributed by atoms with Gasteiger partial charge in [-0.2, -0.15) is 5.26 Å². The van der Waals surface area contributed by atoms with Crippen molar-refractivity contribution in [3.63, 3.8) is 0 Å². The Bertz CT molecular complexity index is 3350. The van der Waals surface area contributed by atoms with Gasteiger partial charge in [0.15, 0.2) is 0 Å². The summed E-state index contributed by atoms with van der Waals surface area (Å²) in [5.41, 5.74) is 15.9. The minimum atomic E-state index is -0.248. The van der Waals surface area contributed by atoms with Gasteiger partial charge in [0, 0.05) is 29.5 Å². The van der Waals surface area contributed by atoms with Crippen molar-refractivity contribution in [1.29, 1.82) is 5.26 Å². The van der Waals surface area contributed by atoms with Gasteiger partial charge >= 0.3 is 20.1 Å². The van der Waals surface area contributed by atoms with Crippen LogP contribution in [0.25, 0.3) is 66.8 Å². The van der Waals surface area contributed by atoms with Crippen LogP contribution in [0.4, 0.5) is 0 Å². The van der Waals surface area contributed by atoms with Gasteiger partial charge < -0.3 is 19.4 Å². The molecule has 4 aromatic heterocycles. The molecule has 0 N–H and O–H groups in total. The first-order valence-electron chi connectivity index (χ1n) is 23.7. The van der Waals surface area contributed by atoms with E-state index in [1.165, 1.54) is 27.8 Å². The molecule has 6 aromatic carbocycles. The van der Waals surface area contributed by atoms with Crippen LogP contribution in [0.2, 0.25) is 0 Å². The fraction of sp³-hybridized carbons (Fsp3) is 0.188. The van der Waals surface area contributed by atoms with E-state index in [4.69, 9.17) is 19.4 Å². The normalized spacial score (nSPS) is 11.9. The van der Waals surface area contributed by atoms with Crippen molar-refractivity contribution in [2.45, 2.75) is 77.0 Å². The predicted molar refractivity (Wildman–Crippen MR) is 280 cm³/mol. The van der Waals surface area contributed by atoms with Gasteiger partial charge in [0.05, 0.1) is 17.2 Å². The molecule has 4 heterocycles. The van der Waals surface area contributed by atoms with E-state index in [1.807, 2.05) is 110 Å². The molecule has 0 saturated heterocycles. The molecular formula is C64H53IrN4O. The van der Waals surface area contributed by atoms with Gasteiger partial charge in [-0.3, -0.25) is 0 Å². The number of furan rings is 1. The second-order valence-electron chi connectivity index (χ2n) is 20.2. The van der Waals surface area contributed by atoms with E-state index in [1.54, 1.807) is 0 Å². The van der Waals surface area contributed by atoms with Crippen LogP contribution in [0.1, 0.15) is 80.5 Å². The van der Waals surface area contributed by atoms with Crippen LogP contribution in [0.3, 0.4) is 0 Å². The molecule has 0 amide bonds. The standard InChI is InChI=1S/C64H53N4O.Ir/c1-62(2,50-26-30-56(66-40-50)46-17-10-7-11-18-46)36-43-33-44(37-63(3,4)51-27-31-57(67-41-51)47-19-12-8-13-20-47)35-45(34-43)38-64(5,6)52-28-32-58(68-42-52)55-24-16-23-53-54-29-25-49(39-65)59(61(54)69-60(53)55)48-21-14-9-15-22-48;/h7-17,19,21-23,25-35,40-42H,36-38H2,1-6H3;/q-3;+3. The Morgan fingerprint density at radius 2 is 0.957 bits per heavy atom. The number of rotatable bonds is 13. The molecule has 5 nitrogen and oxygen atoms in total. The molecule has 10 rings (SSSR count). The quantitative estimate of drug-likeness (QED) is 0.108. The van der Waals surface area contributed by atoms with Crippen molar-refractivity contribution < 1.29 is 24.5 Å². The van der Waals surface area contributed by atoms with Crippen molar-refractivity contribution in [1.82, 2.24) is 15.0 Å². The molecule has 0 radical (unpaired) electrons. The maximum absolute atomic E-state index is 10.1. The van der Waals surface area contributed by atoms with Gasteiger partial charge in [0.1, 0.15) is 5.58 Å². The van der Waals surface area contributed by atoms with Gasteiger partial charge in [0.2, 0.25) is 0 Å². The zero-order valence-electron chi connectivity index (χ0n) is 40.4. The van der Waals surface area contributed by atoms with E-state index in [0.717, 1.165) is 80.5 Å². The van der Waals surface area contributed by atoms with Crippen molar-refractivity contribution in [3.8, 4) is 51.0 Å². The van der Waals surface area contributed by atoms with E-state index in [9.17, 15) is 5.26 Å². The molecule has 0 bridgehead atoms. The second-order valence-corrected chi connectivity index (χ2v) is 20.2. The molecule has 344 valence electrons. The van der Waals surface area contributed by atoms with Crippen molar-refractivity contribution in [2.75, 3.05) is 0 Å². The van der Waals surface area contributed by atoms with Crippen LogP contribution in [0.15, 0.2) is 181 Å². The minimum absolute atomic E-state index is 0. The molecule has 0 aliphatic heterocycles. The Labute approximate surface area is 425 Å². The number of nitriles is 1. The Kier molecular flexibility index (Phi) is 13.4. The largest absolute Gasteiger partial charge is 3.00 e. The van der Waals surface area contributed by atoms with Crippen LogP contribution in [0, 0.1) is 29.5 Å². The summed E-state index contributed by atoms with van der Waals surface area (Å²) in [7, 11) is 0. The van der Waals surface area contributed by atoms with Crippen LogP contribution >= 0.6 is 0 Å². The van der Waals surface area contributed by atoms with Crippen LogP contribution in [-0.2, 0) is 55.6 Å². The first kappa shape index (κ1) is 47.8. The third-order valence-corrected chi connectivity index (χ3v) is 13.7. The first-order valence-corrected chi connectivity index (χ1v) is 23.7. The van der Waals surface area contributed by atoms with Gasteiger partial charge in [-0.15, -0.1) is 90.0 Å². The fourth-order valence-electron chi connectivity index (χ4n) is 9.92. The molecule has 0 fully saturated rings. The number of benzene rings is 6. The average molecular weight is 1090 g/mol. The number of aromatic nitrogens is 3. The molecular weight excluding hydrogens is 1030 g/mol. The fourth-order valence-corrected chi connectivity index (χ4v) is 9.92. The summed E-state index contributed by atoms with van der Waals surface area (Å²) in [6.45, 7) is 13.9. The molecule has 0 unspecified atom stereocenters. The molecule has 0 aliphatic rings. The summed E-state index contributed by atoms with van der Waals surface area (Å²) in [4.78, 5) is 14.9. The maximum Gasteiger partial charge on any atom is 3.00 e. The molecule has 0 aliphatic carbocycles. The molecule has 6 heteroatoms. The van der Waals surface area contributed by atoms with Gasteiger partial charge in [-0.25, -0.2) is 0 Å². The summed E-state index contributed by atoms with van der Waals surface area (Å²) < 4.78 is 6.71. The van der Waals surface area contributed by atoms with E-state index >= 15 is 0 Å². The van der Waals surface area contributed by atoms with E-state index in [-0.39, 0.29) is 36.4 Å². The summed E-state index contributed by atoms with van der Waals surface area (Å²) in [6.07, 6.45) is 8.60. The molecule has 0 spiro atoms. The summed E-state index contributed by atoms with van der Waals surface area (Å²) in [6, 6.07) is 66.4. The Morgan fingerprint density at radius 3 is 1.40 bits per heavy atom. The number of nitrogens with zero attached hydrogens (tertiary/aromatic N) is 4. The number of pyridine rings is 3. The Hall–Kier alpha value is -7.29. The third-order valence-electron chi connectivity index (χ3n) is 13.7. The van der Waals surface area contributed by atoms with Crippen molar-refractivity contribution in [3.05, 3.63) is 233 Å². The minimum Gasteiger partial charge on any atom is -0.500 e. The summed E-state index contributed by atoms with van der Waals surface area (Å²) >= 11 is 0. The zero-order valence-corrected chi connectivity index (χ0v) is 42.8. The number of hydrogen-bond acceptors (Lipinski definition) is 5. The SMILES string of the molecule is CC(C)(Cc1cc(CC(C)(C)c2ccc(-c3[c-]cccc3)nc2)cc(CC(C)(C)c2ccc(-c3[c-]ccc4c3oc3c(-c5ccccc5)c(C#N)ccc34)nc2)c1)c1ccc(-c2[c-]cccc2)nc1.[Ir+3]. The first-order chi connectivity index (χ1) is 33.3. The predicted octanol–water partition coefficient (Wildman–Crippen LogP) is 15.3. The van der Waals surface area contributed by atoms with Crippen LogP contribution < -0.4 is 0 Å². The Morgan fingerprint density at radius 1 is 0.486 bits per heavy atom. The van der Waals surface area contributed by atoms with Crippen LogP contribution in [0.5, 0.6) is 0 Å². The maximum atomic E-state index is 10.1.